The average Bonchev–Trinajstić information content (AvgIpc) is 2.83. The summed E-state index contributed by atoms with van der Waals surface area (Å²) in [7, 11) is 0. The maximum atomic E-state index is 13.4. The van der Waals surface area contributed by atoms with Gasteiger partial charge in [-0.25, -0.2) is 14.8 Å². The van der Waals surface area contributed by atoms with Gasteiger partial charge in [0.1, 0.15) is 11.6 Å². The maximum Gasteiger partial charge on any atom is 0.416 e. The first-order valence-electron chi connectivity index (χ1n) is 11.3. The molecule has 0 aliphatic carbocycles. The van der Waals surface area contributed by atoms with Crippen LogP contribution in [-0.2, 0) is 6.18 Å². The third kappa shape index (κ3) is 5.31. The summed E-state index contributed by atoms with van der Waals surface area (Å²) in [6.45, 7) is 4.16. The largest absolute Gasteiger partial charge is 0.465 e. The van der Waals surface area contributed by atoms with Gasteiger partial charge in [-0.3, -0.25) is 10.1 Å². The number of likely N-dealkylation sites (tertiary alicyclic amines) is 1. The molecule has 1 unspecified atom stereocenters. The Morgan fingerprint density at radius 1 is 1.19 bits per heavy atom. The number of hydrogen-bond donors (Lipinski definition) is 2. The number of amides is 1. The molecule has 2 N–H and O–H groups in total. The van der Waals surface area contributed by atoms with E-state index in [1.165, 1.54) is 4.90 Å². The summed E-state index contributed by atoms with van der Waals surface area (Å²) >= 11 is 0. The Kier molecular flexibility index (Phi) is 6.70. The second kappa shape index (κ2) is 9.59. The SMILES string of the molecule is Cc1nc(NC(C)c2cc([N+](=O)[O-])cc(C(F)(F)F)c2)c2cc(C3CCN(C(=O)O)CC3)ccc2n1. The third-order valence-corrected chi connectivity index (χ3v) is 6.40. The number of nitrogens with one attached hydrogen (secondary N) is 1. The molecule has 1 atom stereocenters. The van der Waals surface area contributed by atoms with Crippen molar-refractivity contribution in [1.29, 1.82) is 0 Å². The number of carboxylic acid groups (broad SMARTS) is 1. The van der Waals surface area contributed by atoms with Crippen molar-refractivity contribution in [3.05, 3.63) is 69.0 Å². The van der Waals surface area contributed by atoms with Gasteiger partial charge < -0.3 is 15.3 Å². The van der Waals surface area contributed by atoms with E-state index in [1.807, 2.05) is 18.2 Å². The van der Waals surface area contributed by atoms with Gasteiger partial charge in [-0.15, -0.1) is 0 Å². The zero-order chi connectivity index (χ0) is 26.2. The number of rotatable bonds is 5. The molecule has 0 radical (unpaired) electrons. The number of alkyl halides is 3. The van der Waals surface area contributed by atoms with Crippen molar-refractivity contribution < 1.29 is 28.0 Å². The van der Waals surface area contributed by atoms with E-state index in [0.717, 1.165) is 17.7 Å². The van der Waals surface area contributed by atoms with E-state index in [1.54, 1.807) is 13.8 Å². The Hall–Kier alpha value is -3.96. The lowest BCUT2D eigenvalue weighted by Gasteiger charge is -2.30. The quantitative estimate of drug-likeness (QED) is 0.329. The number of nitro groups is 1. The van der Waals surface area contributed by atoms with Gasteiger partial charge in [0.25, 0.3) is 5.69 Å². The first-order valence-corrected chi connectivity index (χ1v) is 11.3. The van der Waals surface area contributed by atoms with Crippen molar-refractivity contribution in [2.75, 3.05) is 18.4 Å². The fourth-order valence-corrected chi connectivity index (χ4v) is 4.47. The molecule has 4 rings (SSSR count). The summed E-state index contributed by atoms with van der Waals surface area (Å²) in [4.78, 5) is 31.9. The van der Waals surface area contributed by atoms with Crippen LogP contribution in [0.25, 0.3) is 10.9 Å². The Morgan fingerprint density at radius 3 is 2.50 bits per heavy atom. The zero-order valence-electron chi connectivity index (χ0n) is 19.5. The van der Waals surface area contributed by atoms with Gasteiger partial charge >= 0.3 is 12.3 Å². The van der Waals surface area contributed by atoms with Crippen molar-refractivity contribution in [2.45, 2.75) is 44.8 Å². The minimum absolute atomic E-state index is 0.0955. The fraction of sp³-hybridized carbons (Fsp3) is 0.375. The highest BCUT2D eigenvalue weighted by Gasteiger charge is 2.33. The monoisotopic (exact) mass is 503 g/mol. The normalized spacial score (nSPS) is 15.6. The standard InChI is InChI=1S/C24H24F3N5O4/c1-13(17-9-18(24(25,26)27)12-19(10-17)32(35)36)28-22-20-11-16(3-4-21(20)29-14(2)30-22)15-5-7-31(8-6-15)23(33)34/h3-4,9-13,15H,5-8H2,1-2H3,(H,33,34)(H,28,29,30). The highest BCUT2D eigenvalue weighted by molar-refractivity contribution is 5.90. The molecule has 9 nitrogen and oxygen atoms in total. The van der Waals surface area contributed by atoms with Crippen LogP contribution in [-0.4, -0.2) is 44.1 Å². The highest BCUT2D eigenvalue weighted by atomic mass is 19.4. The lowest BCUT2D eigenvalue weighted by atomic mass is 9.89. The number of nitro benzene ring substituents is 1. The van der Waals surface area contributed by atoms with Gasteiger partial charge in [0.15, 0.2) is 0 Å². The molecule has 1 aromatic heterocycles. The van der Waals surface area contributed by atoms with Gasteiger partial charge in [0.05, 0.1) is 22.0 Å². The van der Waals surface area contributed by atoms with Gasteiger partial charge in [-0.2, -0.15) is 13.2 Å². The van der Waals surface area contributed by atoms with E-state index in [2.05, 4.69) is 15.3 Å². The van der Waals surface area contributed by atoms with E-state index < -0.39 is 34.5 Å². The van der Waals surface area contributed by atoms with Crippen LogP contribution in [0.5, 0.6) is 0 Å². The number of benzene rings is 2. The molecular weight excluding hydrogens is 479 g/mol. The Labute approximate surface area is 204 Å². The van der Waals surface area contributed by atoms with Crippen molar-refractivity contribution in [2.24, 2.45) is 0 Å². The number of aryl methyl sites for hydroxylation is 1. The lowest BCUT2D eigenvalue weighted by Crippen LogP contribution is -2.36. The van der Waals surface area contributed by atoms with Crippen LogP contribution >= 0.6 is 0 Å². The molecule has 0 bridgehead atoms. The number of aromatic nitrogens is 2. The van der Waals surface area contributed by atoms with E-state index in [9.17, 15) is 33.2 Å². The van der Waals surface area contributed by atoms with E-state index in [0.29, 0.717) is 54.5 Å². The average molecular weight is 503 g/mol. The lowest BCUT2D eigenvalue weighted by molar-refractivity contribution is -0.385. The zero-order valence-corrected chi connectivity index (χ0v) is 19.5. The van der Waals surface area contributed by atoms with Crippen molar-refractivity contribution in [3.8, 4) is 0 Å². The summed E-state index contributed by atoms with van der Waals surface area (Å²) in [5, 5.41) is 24.2. The molecule has 12 heteroatoms. The highest BCUT2D eigenvalue weighted by Crippen LogP contribution is 2.36. The molecule has 1 aliphatic rings. The van der Waals surface area contributed by atoms with Crippen LogP contribution in [0, 0.1) is 17.0 Å². The van der Waals surface area contributed by atoms with Crippen LogP contribution in [0.4, 0.5) is 29.5 Å². The third-order valence-electron chi connectivity index (χ3n) is 6.40. The first-order chi connectivity index (χ1) is 16.9. The predicted molar refractivity (Wildman–Crippen MR) is 126 cm³/mol. The first kappa shape index (κ1) is 25.1. The summed E-state index contributed by atoms with van der Waals surface area (Å²) in [5.74, 6) is 0.993. The number of piperidine rings is 1. The molecule has 1 aliphatic heterocycles. The summed E-state index contributed by atoms with van der Waals surface area (Å²) in [6, 6.07) is 7.49. The molecular formula is C24H24F3N5O4. The summed E-state index contributed by atoms with van der Waals surface area (Å²) in [5.41, 5.74) is -0.0197. The number of non-ortho nitro benzene ring substituents is 1. The molecule has 2 heterocycles. The minimum atomic E-state index is -4.73. The molecule has 190 valence electrons. The van der Waals surface area contributed by atoms with Crippen LogP contribution < -0.4 is 5.32 Å². The summed E-state index contributed by atoms with van der Waals surface area (Å²) < 4.78 is 40.1. The topological polar surface area (TPSA) is 121 Å². The van der Waals surface area contributed by atoms with Gasteiger partial charge in [-0.05, 0) is 61.9 Å². The number of carbonyl (C=O) groups is 1. The molecule has 1 fully saturated rings. The number of fused-ring (bicyclic) bond motifs is 1. The fourth-order valence-electron chi connectivity index (χ4n) is 4.47. The molecule has 3 aromatic rings. The Balaban J connectivity index is 1.67. The van der Waals surface area contributed by atoms with Crippen LogP contribution in [0.1, 0.15) is 54.2 Å². The second-order valence-corrected chi connectivity index (χ2v) is 8.87. The van der Waals surface area contributed by atoms with Crippen LogP contribution in [0.3, 0.4) is 0 Å². The van der Waals surface area contributed by atoms with Crippen LogP contribution in [0.2, 0.25) is 0 Å². The molecule has 2 aromatic carbocycles. The molecule has 0 spiro atoms. The Morgan fingerprint density at radius 2 is 1.89 bits per heavy atom. The molecule has 1 amide bonds. The van der Waals surface area contributed by atoms with Gasteiger partial charge in [0.2, 0.25) is 0 Å². The number of hydrogen-bond acceptors (Lipinski definition) is 6. The Bertz CT molecular complexity index is 1320. The smallest absolute Gasteiger partial charge is 0.416 e. The van der Waals surface area contributed by atoms with Gasteiger partial charge in [-0.1, -0.05) is 6.07 Å². The van der Waals surface area contributed by atoms with Crippen LogP contribution in [0.15, 0.2) is 36.4 Å². The second-order valence-electron chi connectivity index (χ2n) is 8.87. The maximum absolute atomic E-state index is 13.4. The van der Waals surface area contributed by atoms with E-state index in [-0.39, 0.29) is 11.5 Å². The van der Waals surface area contributed by atoms with Crippen molar-refractivity contribution >= 4 is 28.5 Å². The van der Waals surface area contributed by atoms with E-state index in [4.69, 9.17) is 0 Å². The molecule has 1 saturated heterocycles. The number of halogens is 3. The number of anilines is 1. The minimum Gasteiger partial charge on any atom is -0.465 e. The predicted octanol–water partition coefficient (Wildman–Crippen LogP) is 5.90. The summed E-state index contributed by atoms with van der Waals surface area (Å²) in [6.07, 6.45) is -4.34. The van der Waals surface area contributed by atoms with Crippen molar-refractivity contribution in [1.82, 2.24) is 14.9 Å². The molecule has 0 saturated carbocycles. The van der Waals surface area contributed by atoms with E-state index >= 15 is 0 Å². The van der Waals surface area contributed by atoms with Crippen molar-refractivity contribution in [3.63, 3.8) is 0 Å². The van der Waals surface area contributed by atoms with Gasteiger partial charge in [0, 0.05) is 30.6 Å². The molecule has 36 heavy (non-hydrogen) atoms. The number of nitrogens with zero attached hydrogens (tertiary/aromatic N) is 4.